The molecule has 1 aromatic rings. The lowest BCUT2D eigenvalue weighted by atomic mass is 10.1. The van der Waals surface area contributed by atoms with Crippen molar-refractivity contribution in [3.05, 3.63) is 35.4 Å². The van der Waals surface area contributed by atoms with Gasteiger partial charge in [-0.05, 0) is 17.0 Å². The highest BCUT2D eigenvalue weighted by atomic mass is 32.2. The molecule has 0 aromatic heterocycles. The molecule has 1 fully saturated rings. The van der Waals surface area contributed by atoms with E-state index in [1.54, 1.807) is 4.31 Å². The lowest BCUT2D eigenvalue weighted by Crippen LogP contribution is -2.25. The molecule has 1 heterocycles. The molecule has 5 heteroatoms. The summed E-state index contributed by atoms with van der Waals surface area (Å²) in [6.45, 7) is 3.58. The van der Waals surface area contributed by atoms with Gasteiger partial charge in [0.15, 0.2) is 0 Å². The Balaban J connectivity index is 2.10. The third-order valence-electron chi connectivity index (χ3n) is 3.02. The maximum atomic E-state index is 11.8. The minimum Gasteiger partial charge on any atom is -0.326 e. The van der Waals surface area contributed by atoms with E-state index >= 15 is 0 Å². The van der Waals surface area contributed by atoms with Gasteiger partial charge in [0, 0.05) is 19.6 Å². The monoisotopic (exact) mass is 254 g/mol. The number of nitrogens with zero attached hydrogens (tertiary/aromatic N) is 1. The maximum Gasteiger partial charge on any atom is 0.214 e. The van der Waals surface area contributed by atoms with E-state index in [0.717, 1.165) is 11.1 Å². The van der Waals surface area contributed by atoms with Gasteiger partial charge >= 0.3 is 0 Å². The fourth-order valence-corrected chi connectivity index (χ4v) is 3.99. The van der Waals surface area contributed by atoms with Gasteiger partial charge in [-0.15, -0.1) is 0 Å². The van der Waals surface area contributed by atoms with E-state index < -0.39 is 10.0 Å². The molecule has 1 saturated heterocycles. The van der Waals surface area contributed by atoms with Crippen molar-refractivity contribution in [2.45, 2.75) is 20.0 Å². The fraction of sp³-hybridized carbons (Fsp3) is 0.500. The summed E-state index contributed by atoms with van der Waals surface area (Å²) in [6, 6.07) is 7.78. The third-order valence-corrected chi connectivity index (χ3v) is 5.08. The van der Waals surface area contributed by atoms with Crippen molar-refractivity contribution in [1.82, 2.24) is 4.31 Å². The SMILES string of the molecule is CC1CN(Cc2ccc(CN)cc2)S(=O)(=O)C1. The fourth-order valence-electron chi connectivity index (χ4n) is 2.13. The largest absolute Gasteiger partial charge is 0.326 e. The molecule has 1 atom stereocenters. The average Bonchev–Trinajstić information content (AvgIpc) is 2.53. The summed E-state index contributed by atoms with van der Waals surface area (Å²) in [5.74, 6) is 0.497. The molecular weight excluding hydrogens is 236 g/mol. The lowest BCUT2D eigenvalue weighted by molar-refractivity contribution is 0.409. The quantitative estimate of drug-likeness (QED) is 0.872. The van der Waals surface area contributed by atoms with Crippen LogP contribution < -0.4 is 5.73 Å². The van der Waals surface area contributed by atoms with Crippen LogP contribution in [0.5, 0.6) is 0 Å². The van der Waals surface area contributed by atoms with Gasteiger partial charge in [0.2, 0.25) is 10.0 Å². The molecule has 0 radical (unpaired) electrons. The first-order valence-electron chi connectivity index (χ1n) is 5.77. The predicted octanol–water partition coefficient (Wildman–Crippen LogP) is 0.927. The molecule has 2 N–H and O–H groups in total. The Morgan fingerprint density at radius 2 is 1.88 bits per heavy atom. The Bertz CT molecular complexity index is 482. The zero-order valence-electron chi connectivity index (χ0n) is 9.96. The van der Waals surface area contributed by atoms with E-state index in [9.17, 15) is 8.42 Å². The van der Waals surface area contributed by atoms with Crippen LogP contribution in [0, 0.1) is 5.92 Å². The second kappa shape index (κ2) is 4.76. The molecule has 4 nitrogen and oxygen atoms in total. The van der Waals surface area contributed by atoms with Crippen molar-refractivity contribution in [3.8, 4) is 0 Å². The molecule has 17 heavy (non-hydrogen) atoms. The zero-order chi connectivity index (χ0) is 12.5. The molecule has 0 aliphatic carbocycles. The topological polar surface area (TPSA) is 63.4 Å². The molecule has 0 saturated carbocycles. The Labute approximate surface area is 102 Å². The summed E-state index contributed by atoms with van der Waals surface area (Å²) in [5.41, 5.74) is 7.59. The summed E-state index contributed by atoms with van der Waals surface area (Å²) in [6.07, 6.45) is 0. The van der Waals surface area contributed by atoms with Gasteiger partial charge in [-0.2, -0.15) is 4.31 Å². The van der Waals surface area contributed by atoms with E-state index in [0.29, 0.717) is 19.6 Å². The van der Waals surface area contributed by atoms with E-state index in [4.69, 9.17) is 5.73 Å². The van der Waals surface area contributed by atoms with Gasteiger partial charge < -0.3 is 5.73 Å². The van der Waals surface area contributed by atoms with E-state index in [2.05, 4.69) is 0 Å². The first-order chi connectivity index (χ1) is 8.01. The van der Waals surface area contributed by atoms with Crippen LogP contribution in [-0.2, 0) is 23.1 Å². The Morgan fingerprint density at radius 1 is 1.29 bits per heavy atom. The standard InChI is InChI=1S/C12H18N2O2S/c1-10-7-14(17(15,16)9-10)8-12-4-2-11(6-13)3-5-12/h2-5,10H,6-9,13H2,1H3. The van der Waals surface area contributed by atoms with Crippen molar-refractivity contribution in [3.63, 3.8) is 0 Å². The van der Waals surface area contributed by atoms with Crippen molar-refractivity contribution >= 4 is 10.0 Å². The molecule has 0 spiro atoms. The van der Waals surface area contributed by atoms with Gasteiger partial charge in [-0.3, -0.25) is 0 Å². The van der Waals surface area contributed by atoms with Crippen LogP contribution in [0.3, 0.4) is 0 Å². The van der Waals surface area contributed by atoms with Crippen LogP contribution >= 0.6 is 0 Å². The summed E-state index contributed by atoms with van der Waals surface area (Å²) in [7, 11) is -3.04. The van der Waals surface area contributed by atoms with Gasteiger partial charge in [0.25, 0.3) is 0 Å². The van der Waals surface area contributed by atoms with Gasteiger partial charge in [-0.1, -0.05) is 31.2 Å². The smallest absolute Gasteiger partial charge is 0.214 e. The number of benzene rings is 1. The highest BCUT2D eigenvalue weighted by Crippen LogP contribution is 2.21. The Kier molecular flexibility index (Phi) is 3.51. The van der Waals surface area contributed by atoms with E-state index in [1.807, 2.05) is 31.2 Å². The molecule has 0 amide bonds. The minimum absolute atomic E-state index is 0.225. The third kappa shape index (κ3) is 2.86. The molecule has 2 rings (SSSR count). The number of nitrogens with two attached hydrogens (primary N) is 1. The van der Waals surface area contributed by atoms with E-state index in [-0.39, 0.29) is 11.7 Å². The molecule has 1 aliphatic rings. The highest BCUT2D eigenvalue weighted by molar-refractivity contribution is 7.89. The lowest BCUT2D eigenvalue weighted by Gasteiger charge is -2.14. The van der Waals surface area contributed by atoms with Crippen LogP contribution in [0.4, 0.5) is 0 Å². The van der Waals surface area contributed by atoms with Crippen molar-refractivity contribution < 1.29 is 8.42 Å². The van der Waals surface area contributed by atoms with E-state index in [1.165, 1.54) is 0 Å². The normalized spacial score (nSPS) is 24.0. The molecule has 1 unspecified atom stereocenters. The van der Waals surface area contributed by atoms with Crippen LogP contribution in [0.2, 0.25) is 0 Å². The maximum absolute atomic E-state index is 11.8. The van der Waals surface area contributed by atoms with Gasteiger partial charge in [-0.25, -0.2) is 8.42 Å². The second-order valence-corrected chi connectivity index (χ2v) is 6.71. The van der Waals surface area contributed by atoms with Crippen LogP contribution in [0.25, 0.3) is 0 Å². The summed E-state index contributed by atoms with van der Waals surface area (Å²) in [5, 5.41) is 0. The Hall–Kier alpha value is -0.910. The summed E-state index contributed by atoms with van der Waals surface area (Å²) < 4.78 is 25.2. The molecular formula is C12H18N2O2S. The molecule has 0 bridgehead atoms. The Morgan fingerprint density at radius 3 is 2.35 bits per heavy atom. The molecule has 94 valence electrons. The van der Waals surface area contributed by atoms with Gasteiger partial charge in [0.05, 0.1) is 5.75 Å². The summed E-state index contributed by atoms with van der Waals surface area (Å²) >= 11 is 0. The van der Waals surface area contributed by atoms with Crippen LogP contribution in [-0.4, -0.2) is 25.0 Å². The number of hydrogen-bond acceptors (Lipinski definition) is 3. The number of hydrogen-bond donors (Lipinski definition) is 1. The summed E-state index contributed by atoms with van der Waals surface area (Å²) in [4.78, 5) is 0. The van der Waals surface area contributed by atoms with Crippen LogP contribution in [0.1, 0.15) is 18.1 Å². The van der Waals surface area contributed by atoms with Crippen molar-refractivity contribution in [2.24, 2.45) is 11.7 Å². The highest BCUT2D eigenvalue weighted by Gasteiger charge is 2.33. The minimum atomic E-state index is -3.04. The van der Waals surface area contributed by atoms with Gasteiger partial charge in [0.1, 0.15) is 0 Å². The second-order valence-electron chi connectivity index (χ2n) is 4.70. The predicted molar refractivity (Wildman–Crippen MR) is 67.7 cm³/mol. The number of sulfonamides is 1. The molecule has 1 aliphatic heterocycles. The first kappa shape index (κ1) is 12.5. The van der Waals surface area contributed by atoms with Crippen molar-refractivity contribution in [1.29, 1.82) is 0 Å². The molecule has 1 aromatic carbocycles. The van der Waals surface area contributed by atoms with Crippen LogP contribution in [0.15, 0.2) is 24.3 Å². The number of rotatable bonds is 3. The van der Waals surface area contributed by atoms with Crippen molar-refractivity contribution in [2.75, 3.05) is 12.3 Å². The average molecular weight is 254 g/mol. The first-order valence-corrected chi connectivity index (χ1v) is 7.38. The zero-order valence-corrected chi connectivity index (χ0v) is 10.8.